The number of aromatic hydroxyl groups is 1. The zero-order chi connectivity index (χ0) is 17.0. The number of rotatable bonds is 2. The lowest BCUT2D eigenvalue weighted by atomic mass is 10.2. The Morgan fingerprint density at radius 2 is 1.75 bits per heavy atom. The highest BCUT2D eigenvalue weighted by Crippen LogP contribution is 2.33. The van der Waals surface area contributed by atoms with E-state index in [0.717, 1.165) is 22.1 Å². The topological polar surface area (TPSA) is 33.3 Å². The first-order chi connectivity index (χ1) is 11.5. The highest BCUT2D eigenvalue weighted by molar-refractivity contribution is 5.92. The number of anilines is 1. The minimum atomic E-state index is 0.278. The Kier molecular flexibility index (Phi) is 3.10. The minimum Gasteiger partial charge on any atom is -0.494 e. The molecule has 2 heterocycles. The Morgan fingerprint density at radius 1 is 0.958 bits per heavy atom. The molecule has 0 aliphatic rings. The molecule has 0 saturated heterocycles. The molecule has 0 aliphatic carbocycles. The van der Waals surface area contributed by atoms with Crippen molar-refractivity contribution in [2.45, 2.75) is 6.92 Å². The molecule has 4 heteroatoms. The van der Waals surface area contributed by atoms with E-state index in [-0.39, 0.29) is 5.88 Å². The Labute approximate surface area is 141 Å². The summed E-state index contributed by atoms with van der Waals surface area (Å²) in [6.45, 7) is 2.10. The number of hydrogen-bond donors (Lipinski definition) is 1. The van der Waals surface area contributed by atoms with Crippen LogP contribution in [0.15, 0.2) is 48.7 Å². The summed E-state index contributed by atoms with van der Waals surface area (Å²) in [7, 11) is 6.07. The van der Waals surface area contributed by atoms with Crippen LogP contribution in [0, 0.1) is 6.92 Å². The molecule has 4 rings (SSSR count). The van der Waals surface area contributed by atoms with E-state index in [1.807, 2.05) is 48.0 Å². The van der Waals surface area contributed by atoms with E-state index in [9.17, 15) is 5.11 Å². The second-order valence-electron chi connectivity index (χ2n) is 6.58. The van der Waals surface area contributed by atoms with Crippen molar-refractivity contribution >= 4 is 27.4 Å². The maximum atomic E-state index is 10.7. The van der Waals surface area contributed by atoms with Crippen LogP contribution in [-0.2, 0) is 7.05 Å². The summed E-state index contributed by atoms with van der Waals surface area (Å²) in [5.74, 6) is 0.278. The van der Waals surface area contributed by atoms with Crippen LogP contribution in [0.1, 0.15) is 5.69 Å². The van der Waals surface area contributed by atoms with E-state index >= 15 is 0 Å². The third-order valence-corrected chi connectivity index (χ3v) is 4.83. The Morgan fingerprint density at radius 3 is 2.50 bits per heavy atom. The van der Waals surface area contributed by atoms with Crippen LogP contribution in [0.5, 0.6) is 5.88 Å². The van der Waals surface area contributed by atoms with Gasteiger partial charge in [0.2, 0.25) is 5.88 Å². The third kappa shape index (κ3) is 2.07. The van der Waals surface area contributed by atoms with Crippen LogP contribution in [0.3, 0.4) is 0 Å². The smallest absolute Gasteiger partial charge is 0.203 e. The largest absolute Gasteiger partial charge is 0.494 e. The van der Waals surface area contributed by atoms with Gasteiger partial charge in [-0.2, -0.15) is 0 Å². The van der Waals surface area contributed by atoms with Crippen molar-refractivity contribution in [3.05, 3.63) is 54.4 Å². The number of aryl methyl sites for hydroxylation is 2. The maximum absolute atomic E-state index is 10.7. The molecule has 0 amide bonds. The maximum Gasteiger partial charge on any atom is 0.203 e. The van der Waals surface area contributed by atoms with Gasteiger partial charge in [-0.3, -0.25) is 4.57 Å². The van der Waals surface area contributed by atoms with Crippen molar-refractivity contribution in [1.29, 1.82) is 0 Å². The molecule has 0 fully saturated rings. The molecule has 0 aliphatic heterocycles. The number of hydrogen-bond acceptors (Lipinski definition) is 2. The summed E-state index contributed by atoms with van der Waals surface area (Å²) in [5.41, 5.74) is 4.46. The van der Waals surface area contributed by atoms with Crippen molar-refractivity contribution in [2.24, 2.45) is 7.05 Å². The molecule has 0 radical (unpaired) electrons. The second-order valence-corrected chi connectivity index (χ2v) is 6.58. The van der Waals surface area contributed by atoms with Gasteiger partial charge in [0.05, 0.1) is 0 Å². The predicted molar refractivity (Wildman–Crippen MR) is 100 cm³/mol. The van der Waals surface area contributed by atoms with E-state index < -0.39 is 0 Å². The number of nitrogens with zero attached hydrogens (tertiary/aromatic N) is 3. The van der Waals surface area contributed by atoms with Crippen LogP contribution >= 0.6 is 0 Å². The first-order valence-corrected chi connectivity index (χ1v) is 8.03. The summed E-state index contributed by atoms with van der Waals surface area (Å²) in [6.07, 6.45) is 1.99. The van der Waals surface area contributed by atoms with Crippen molar-refractivity contribution in [3.63, 3.8) is 0 Å². The first-order valence-electron chi connectivity index (χ1n) is 8.03. The summed E-state index contributed by atoms with van der Waals surface area (Å²) in [6, 6.07) is 14.6. The summed E-state index contributed by atoms with van der Waals surface area (Å²) in [5, 5.41) is 13.8. The molecule has 0 unspecified atom stereocenters. The fourth-order valence-corrected chi connectivity index (χ4v) is 3.28. The molecule has 24 heavy (non-hydrogen) atoms. The van der Waals surface area contributed by atoms with Crippen molar-refractivity contribution in [1.82, 2.24) is 9.13 Å². The Hall–Kier alpha value is -2.88. The molecule has 1 N–H and O–H groups in total. The zero-order valence-electron chi connectivity index (χ0n) is 14.4. The van der Waals surface area contributed by atoms with Gasteiger partial charge >= 0.3 is 0 Å². The van der Waals surface area contributed by atoms with E-state index in [0.29, 0.717) is 0 Å². The number of benzene rings is 2. The molecule has 4 nitrogen and oxygen atoms in total. The Bertz CT molecular complexity index is 1070. The van der Waals surface area contributed by atoms with Gasteiger partial charge in [-0.1, -0.05) is 6.07 Å². The average molecular weight is 319 g/mol. The normalized spacial score (nSPS) is 11.5. The number of aromatic nitrogens is 2. The van der Waals surface area contributed by atoms with Gasteiger partial charge in [-0.05, 0) is 43.3 Å². The molecule has 0 bridgehead atoms. The molecule has 4 aromatic rings. The zero-order valence-corrected chi connectivity index (χ0v) is 14.4. The van der Waals surface area contributed by atoms with Crippen LogP contribution in [0.25, 0.3) is 27.4 Å². The van der Waals surface area contributed by atoms with Crippen LogP contribution in [0.4, 0.5) is 5.69 Å². The van der Waals surface area contributed by atoms with Crippen molar-refractivity contribution in [3.8, 4) is 11.6 Å². The van der Waals surface area contributed by atoms with Crippen molar-refractivity contribution in [2.75, 3.05) is 19.0 Å². The van der Waals surface area contributed by atoms with Gasteiger partial charge in [-0.25, -0.2) is 0 Å². The van der Waals surface area contributed by atoms with E-state index in [2.05, 4.69) is 42.8 Å². The molecule has 2 aromatic carbocycles. The van der Waals surface area contributed by atoms with Crippen molar-refractivity contribution < 1.29 is 5.11 Å². The van der Waals surface area contributed by atoms with E-state index in [1.54, 1.807) is 0 Å². The lowest BCUT2D eigenvalue weighted by Gasteiger charge is -2.11. The van der Waals surface area contributed by atoms with Crippen LogP contribution < -0.4 is 4.90 Å². The highest BCUT2D eigenvalue weighted by atomic mass is 16.3. The van der Waals surface area contributed by atoms with Gasteiger partial charge in [-0.15, -0.1) is 0 Å². The molecule has 122 valence electrons. The molecule has 0 atom stereocenters. The fraction of sp³-hybridized carbons (Fsp3) is 0.200. The van der Waals surface area contributed by atoms with Crippen LogP contribution in [0.2, 0.25) is 0 Å². The number of fused-ring (bicyclic) bond motifs is 2. The molecule has 0 spiro atoms. The first kappa shape index (κ1) is 14.7. The SMILES string of the molecule is Cc1cc2cc(-n3cc4ccc(N(C)C)cc4c3O)ccc2n1C. The fourth-order valence-electron chi connectivity index (χ4n) is 3.28. The van der Waals surface area contributed by atoms with Gasteiger partial charge in [0, 0.05) is 66.1 Å². The van der Waals surface area contributed by atoms with Gasteiger partial charge < -0.3 is 14.6 Å². The van der Waals surface area contributed by atoms with Gasteiger partial charge in [0.1, 0.15) is 0 Å². The van der Waals surface area contributed by atoms with Gasteiger partial charge in [0.15, 0.2) is 0 Å². The van der Waals surface area contributed by atoms with Gasteiger partial charge in [0.25, 0.3) is 0 Å². The molecular weight excluding hydrogens is 298 g/mol. The van der Waals surface area contributed by atoms with Crippen LogP contribution in [-0.4, -0.2) is 28.3 Å². The summed E-state index contributed by atoms with van der Waals surface area (Å²) >= 11 is 0. The quantitative estimate of drug-likeness (QED) is 0.600. The summed E-state index contributed by atoms with van der Waals surface area (Å²) in [4.78, 5) is 2.04. The Balaban J connectivity index is 1.91. The molecular formula is C20H21N3O. The van der Waals surface area contributed by atoms with E-state index in [1.165, 1.54) is 16.6 Å². The summed E-state index contributed by atoms with van der Waals surface area (Å²) < 4.78 is 4.03. The lowest BCUT2D eigenvalue weighted by Crippen LogP contribution is -2.07. The van der Waals surface area contributed by atoms with E-state index in [4.69, 9.17) is 0 Å². The molecule has 0 saturated carbocycles. The molecule has 2 aromatic heterocycles. The minimum absolute atomic E-state index is 0.278. The highest BCUT2D eigenvalue weighted by Gasteiger charge is 2.12. The predicted octanol–water partition coefficient (Wildman–Crippen LogP) is 4.20. The second kappa shape index (κ2) is 5.06. The third-order valence-electron chi connectivity index (χ3n) is 4.83. The standard InChI is InChI=1S/C20H21N3O/c1-13-9-15-10-17(7-8-19(15)22(13)4)23-12-14-5-6-16(21(2)3)11-18(14)20(23)24/h5-12,24H,1-4H3. The lowest BCUT2D eigenvalue weighted by molar-refractivity contribution is 0.448. The average Bonchev–Trinajstić information content (AvgIpc) is 3.04. The monoisotopic (exact) mass is 319 g/mol.